The van der Waals surface area contributed by atoms with Crippen molar-refractivity contribution in [3.63, 3.8) is 0 Å². The first-order chi connectivity index (χ1) is 13.0. The SMILES string of the molecule is C/C(=C/c1ccccc1N1CCN(C)CC1)C(=O)NCc1ccc(Cl)cc1. The van der Waals surface area contributed by atoms with Gasteiger partial charge >= 0.3 is 0 Å². The molecule has 2 aromatic rings. The molecule has 5 heteroatoms. The van der Waals surface area contributed by atoms with Gasteiger partial charge in [-0.2, -0.15) is 0 Å². The minimum atomic E-state index is -0.0573. The van der Waals surface area contributed by atoms with Crippen LogP contribution in [0.2, 0.25) is 5.02 Å². The van der Waals surface area contributed by atoms with Crippen LogP contribution in [0.5, 0.6) is 0 Å². The summed E-state index contributed by atoms with van der Waals surface area (Å²) in [5, 5.41) is 3.67. The van der Waals surface area contributed by atoms with Crippen LogP contribution in [-0.2, 0) is 11.3 Å². The molecule has 0 aromatic heterocycles. The summed E-state index contributed by atoms with van der Waals surface area (Å²) in [7, 11) is 2.15. The number of halogens is 1. The van der Waals surface area contributed by atoms with E-state index in [4.69, 9.17) is 11.6 Å². The third kappa shape index (κ3) is 5.34. The predicted molar refractivity (Wildman–Crippen MR) is 113 cm³/mol. The number of hydrogen-bond acceptors (Lipinski definition) is 3. The highest BCUT2D eigenvalue weighted by Crippen LogP contribution is 2.24. The van der Waals surface area contributed by atoms with Gasteiger partial charge in [0.2, 0.25) is 5.91 Å². The van der Waals surface area contributed by atoms with E-state index < -0.39 is 0 Å². The molecule has 4 nitrogen and oxygen atoms in total. The van der Waals surface area contributed by atoms with Crippen molar-refractivity contribution in [2.45, 2.75) is 13.5 Å². The van der Waals surface area contributed by atoms with E-state index in [1.165, 1.54) is 5.69 Å². The number of carbonyl (C=O) groups excluding carboxylic acids is 1. The van der Waals surface area contributed by atoms with Crippen LogP contribution in [0.4, 0.5) is 5.69 Å². The van der Waals surface area contributed by atoms with E-state index in [9.17, 15) is 4.79 Å². The first-order valence-corrected chi connectivity index (χ1v) is 9.64. The molecule has 1 aliphatic rings. The molecule has 0 bridgehead atoms. The van der Waals surface area contributed by atoms with Gasteiger partial charge in [0.1, 0.15) is 0 Å². The number of carbonyl (C=O) groups is 1. The van der Waals surface area contributed by atoms with E-state index in [1.807, 2.05) is 43.3 Å². The van der Waals surface area contributed by atoms with Gasteiger partial charge in [-0.1, -0.05) is 41.9 Å². The quantitative estimate of drug-likeness (QED) is 0.797. The van der Waals surface area contributed by atoms with Crippen LogP contribution in [0, 0.1) is 0 Å². The zero-order valence-electron chi connectivity index (χ0n) is 15.9. The Morgan fingerprint density at radius 3 is 2.44 bits per heavy atom. The highest BCUT2D eigenvalue weighted by atomic mass is 35.5. The molecule has 1 saturated heterocycles. The van der Waals surface area contributed by atoms with Gasteiger partial charge in [0.05, 0.1) is 0 Å². The average molecular weight is 384 g/mol. The van der Waals surface area contributed by atoms with Gasteiger partial charge in [0.25, 0.3) is 0 Å². The summed E-state index contributed by atoms with van der Waals surface area (Å²) in [5.41, 5.74) is 4.00. The largest absolute Gasteiger partial charge is 0.368 e. The van der Waals surface area contributed by atoms with Crippen LogP contribution in [0.25, 0.3) is 6.08 Å². The van der Waals surface area contributed by atoms with Gasteiger partial charge in [-0.25, -0.2) is 0 Å². The summed E-state index contributed by atoms with van der Waals surface area (Å²) in [6.07, 6.45) is 1.98. The lowest BCUT2D eigenvalue weighted by atomic mass is 10.1. The number of amides is 1. The van der Waals surface area contributed by atoms with Crippen LogP contribution >= 0.6 is 11.6 Å². The molecule has 0 spiro atoms. The number of rotatable bonds is 5. The molecule has 0 unspecified atom stereocenters. The van der Waals surface area contributed by atoms with Crippen molar-refractivity contribution >= 4 is 29.3 Å². The zero-order valence-corrected chi connectivity index (χ0v) is 16.7. The van der Waals surface area contributed by atoms with E-state index in [0.29, 0.717) is 17.1 Å². The molecule has 0 saturated carbocycles. The third-order valence-corrected chi connectivity index (χ3v) is 5.13. The smallest absolute Gasteiger partial charge is 0.247 e. The molecule has 27 heavy (non-hydrogen) atoms. The fourth-order valence-corrected chi connectivity index (χ4v) is 3.29. The number of para-hydroxylation sites is 1. The second-order valence-corrected chi connectivity index (χ2v) is 7.42. The Hall–Kier alpha value is -2.30. The minimum absolute atomic E-state index is 0.0573. The van der Waals surface area contributed by atoms with Crippen LogP contribution in [-0.4, -0.2) is 44.0 Å². The molecule has 1 aliphatic heterocycles. The highest BCUT2D eigenvalue weighted by Gasteiger charge is 2.16. The Kier molecular flexibility index (Phi) is 6.54. The Bertz CT molecular complexity index is 809. The monoisotopic (exact) mass is 383 g/mol. The fraction of sp³-hybridized carbons (Fsp3) is 0.318. The second-order valence-electron chi connectivity index (χ2n) is 6.99. The van der Waals surface area contributed by atoms with Crippen LogP contribution in [0.1, 0.15) is 18.1 Å². The van der Waals surface area contributed by atoms with Crippen LogP contribution in [0.15, 0.2) is 54.1 Å². The topological polar surface area (TPSA) is 35.6 Å². The number of nitrogens with one attached hydrogen (secondary N) is 1. The average Bonchev–Trinajstić information content (AvgIpc) is 2.68. The van der Waals surface area contributed by atoms with Gasteiger partial charge in [0, 0.05) is 49.0 Å². The normalized spacial score (nSPS) is 15.7. The number of nitrogens with zero attached hydrogens (tertiary/aromatic N) is 2. The molecule has 1 heterocycles. The molecule has 1 fully saturated rings. The zero-order chi connectivity index (χ0) is 19.2. The van der Waals surface area contributed by atoms with Crippen molar-refractivity contribution in [1.82, 2.24) is 10.2 Å². The number of likely N-dealkylation sites (N-methyl/N-ethyl adjacent to an activating group) is 1. The summed E-state index contributed by atoms with van der Waals surface area (Å²) >= 11 is 5.90. The van der Waals surface area contributed by atoms with E-state index in [2.05, 4.69) is 40.4 Å². The van der Waals surface area contributed by atoms with Gasteiger partial charge in [-0.05, 0) is 49.4 Å². The molecule has 3 rings (SSSR count). The Morgan fingerprint density at radius 2 is 1.74 bits per heavy atom. The molecule has 2 aromatic carbocycles. The first-order valence-electron chi connectivity index (χ1n) is 9.26. The predicted octanol–water partition coefficient (Wildman–Crippen LogP) is 3.81. The number of benzene rings is 2. The lowest BCUT2D eigenvalue weighted by Gasteiger charge is -2.35. The van der Waals surface area contributed by atoms with Crippen molar-refractivity contribution in [3.05, 3.63) is 70.3 Å². The lowest BCUT2D eigenvalue weighted by molar-refractivity contribution is -0.117. The highest BCUT2D eigenvalue weighted by molar-refractivity contribution is 6.30. The standard InChI is InChI=1S/C22H26ClN3O/c1-17(22(27)24-16-18-7-9-20(23)10-8-18)15-19-5-3-4-6-21(19)26-13-11-25(2)12-14-26/h3-10,15H,11-14,16H2,1-2H3,(H,24,27)/b17-15-. The Morgan fingerprint density at radius 1 is 1.07 bits per heavy atom. The lowest BCUT2D eigenvalue weighted by Crippen LogP contribution is -2.44. The van der Waals surface area contributed by atoms with E-state index in [0.717, 1.165) is 37.3 Å². The second kappa shape index (κ2) is 9.07. The van der Waals surface area contributed by atoms with Crippen molar-refractivity contribution in [1.29, 1.82) is 0 Å². The maximum atomic E-state index is 12.5. The molecule has 1 amide bonds. The van der Waals surface area contributed by atoms with E-state index in [1.54, 1.807) is 0 Å². The van der Waals surface area contributed by atoms with Crippen molar-refractivity contribution in [2.75, 3.05) is 38.1 Å². The van der Waals surface area contributed by atoms with Crippen LogP contribution < -0.4 is 10.2 Å². The molecule has 0 atom stereocenters. The molecule has 0 radical (unpaired) electrons. The van der Waals surface area contributed by atoms with Crippen LogP contribution in [0.3, 0.4) is 0 Å². The third-order valence-electron chi connectivity index (χ3n) is 4.88. The molecular weight excluding hydrogens is 358 g/mol. The van der Waals surface area contributed by atoms with Gasteiger partial charge in [-0.15, -0.1) is 0 Å². The van der Waals surface area contributed by atoms with Gasteiger partial charge in [0.15, 0.2) is 0 Å². The van der Waals surface area contributed by atoms with E-state index in [-0.39, 0.29) is 5.91 Å². The first kappa shape index (κ1) is 19.5. The molecule has 142 valence electrons. The fourth-order valence-electron chi connectivity index (χ4n) is 3.17. The number of hydrogen-bond donors (Lipinski definition) is 1. The Balaban J connectivity index is 1.68. The summed E-state index contributed by atoms with van der Waals surface area (Å²) in [4.78, 5) is 17.2. The van der Waals surface area contributed by atoms with Gasteiger partial charge in [-0.3, -0.25) is 4.79 Å². The maximum Gasteiger partial charge on any atom is 0.247 e. The summed E-state index contributed by atoms with van der Waals surface area (Å²) < 4.78 is 0. The molecule has 1 N–H and O–H groups in total. The minimum Gasteiger partial charge on any atom is -0.368 e. The summed E-state index contributed by atoms with van der Waals surface area (Å²) in [6.45, 7) is 6.46. The van der Waals surface area contributed by atoms with Crippen molar-refractivity contribution < 1.29 is 4.79 Å². The Labute approximate surface area is 166 Å². The van der Waals surface area contributed by atoms with Gasteiger partial charge < -0.3 is 15.1 Å². The molecule has 0 aliphatic carbocycles. The molecular formula is C22H26ClN3O. The summed E-state index contributed by atoms with van der Waals surface area (Å²) in [5.74, 6) is -0.0573. The number of anilines is 1. The number of piperazine rings is 1. The van der Waals surface area contributed by atoms with Crippen molar-refractivity contribution in [3.8, 4) is 0 Å². The summed E-state index contributed by atoms with van der Waals surface area (Å²) in [6, 6.07) is 15.8. The van der Waals surface area contributed by atoms with Crippen molar-refractivity contribution in [2.24, 2.45) is 0 Å². The van der Waals surface area contributed by atoms with E-state index >= 15 is 0 Å². The maximum absolute atomic E-state index is 12.5.